The zero-order valence-corrected chi connectivity index (χ0v) is 70.8. The number of amides is 3. The lowest BCUT2D eigenvalue weighted by atomic mass is 9.80. The molecule has 23 heteroatoms. The van der Waals surface area contributed by atoms with Crippen LogP contribution in [0, 0.1) is 36.0 Å². The molecule has 22 nitrogen and oxygen atoms in total. The van der Waals surface area contributed by atoms with Crippen LogP contribution in [0.3, 0.4) is 0 Å². The van der Waals surface area contributed by atoms with Crippen molar-refractivity contribution in [3.8, 4) is 0 Å². The van der Waals surface area contributed by atoms with Crippen molar-refractivity contribution in [2.45, 2.75) is 361 Å². The van der Waals surface area contributed by atoms with Crippen molar-refractivity contribution in [3.05, 3.63) is 81.3 Å². The largest absolute Gasteiger partial charge is 0.385 e. The van der Waals surface area contributed by atoms with Crippen LogP contribution in [-0.4, -0.2) is 162 Å². The van der Waals surface area contributed by atoms with E-state index in [2.05, 4.69) is 33.7 Å². The van der Waals surface area contributed by atoms with Gasteiger partial charge in [0, 0.05) is 125 Å². The maximum atomic E-state index is 14.7. The number of rotatable bonds is 12. The van der Waals surface area contributed by atoms with Gasteiger partial charge >= 0.3 is 0 Å². The number of aromatic nitrogens is 6. The molecular formula is C94H123FN10O12. The smallest absolute Gasteiger partial charge is 0.245 e. The van der Waals surface area contributed by atoms with Gasteiger partial charge in [-0.1, -0.05) is 82.6 Å². The first kappa shape index (κ1) is 84.7. The van der Waals surface area contributed by atoms with E-state index in [0.717, 1.165) is 214 Å². The Hall–Kier alpha value is -8.76. The molecule has 3 amide bonds. The molecule has 10 aliphatic rings. The average Bonchev–Trinajstić information content (AvgIpc) is 1.54. The summed E-state index contributed by atoms with van der Waals surface area (Å²) >= 11 is 0. The predicted octanol–water partition coefficient (Wildman–Crippen LogP) is 16.2. The third-order valence-electron chi connectivity index (χ3n) is 28.5. The fraction of sp³-hybridized carbons (Fsp3) is 0.649. The van der Waals surface area contributed by atoms with Crippen molar-refractivity contribution in [2.75, 3.05) is 11.9 Å². The van der Waals surface area contributed by atoms with E-state index in [1.807, 2.05) is 62.6 Å². The summed E-state index contributed by atoms with van der Waals surface area (Å²) < 4.78 is 19.9. The number of anilines is 1. The van der Waals surface area contributed by atoms with E-state index in [1.54, 1.807) is 25.9 Å². The van der Waals surface area contributed by atoms with Crippen LogP contribution in [0.15, 0.2) is 36.4 Å². The zero-order chi connectivity index (χ0) is 83.2. The third kappa shape index (κ3) is 17.9. The number of ketones is 9. The number of hydrogen-bond acceptors (Lipinski definition) is 16. The molecule has 6 aromatic rings. The summed E-state index contributed by atoms with van der Waals surface area (Å²) in [7, 11) is 0. The van der Waals surface area contributed by atoms with Gasteiger partial charge in [0.15, 0.2) is 34.7 Å². The van der Waals surface area contributed by atoms with Gasteiger partial charge in [0.05, 0.1) is 34.7 Å². The van der Waals surface area contributed by atoms with E-state index in [0.29, 0.717) is 125 Å². The van der Waals surface area contributed by atoms with Crippen molar-refractivity contribution >= 4 is 108 Å². The Morgan fingerprint density at radius 2 is 0.735 bits per heavy atom. The predicted molar refractivity (Wildman–Crippen MR) is 446 cm³/mol. The molecule has 11 atom stereocenters. The molecule has 3 aromatic carbocycles. The maximum absolute atomic E-state index is 14.7. The monoisotopic (exact) mass is 1600 g/mol. The van der Waals surface area contributed by atoms with Crippen LogP contribution in [0.2, 0.25) is 0 Å². The van der Waals surface area contributed by atoms with Crippen LogP contribution >= 0.6 is 0 Å². The molecule has 4 aliphatic carbocycles. The lowest BCUT2D eigenvalue weighted by Crippen LogP contribution is -2.44. The number of carbonyl (C=O) groups is 12. The van der Waals surface area contributed by atoms with Crippen molar-refractivity contribution in [1.82, 2.24) is 44.0 Å². The number of hydrogen-bond donors (Lipinski definition) is 1. The van der Waals surface area contributed by atoms with E-state index in [-0.39, 0.29) is 118 Å². The summed E-state index contributed by atoms with van der Waals surface area (Å²) in [5, 5.41) is 19.9. The molecule has 7 fully saturated rings. The number of alkyl halides is 1. The van der Waals surface area contributed by atoms with Gasteiger partial charge < -0.3 is 20.0 Å². The first-order chi connectivity index (χ1) is 56.0. The molecule has 0 radical (unpaired) electrons. The highest BCUT2D eigenvalue weighted by Gasteiger charge is 2.69. The topological polar surface area (TPSA) is 280 Å². The minimum atomic E-state index is -1.13. The fourth-order valence-electron chi connectivity index (χ4n) is 22.1. The number of benzene rings is 3. The summed E-state index contributed by atoms with van der Waals surface area (Å²) in [5.41, 5.74) is 8.41. The van der Waals surface area contributed by atoms with Gasteiger partial charge in [0.25, 0.3) is 0 Å². The number of nitrogens with zero attached hydrogens (tertiary/aromatic N) is 9. The number of nitrogens with one attached hydrogen (secondary N) is 1. The first-order valence-corrected chi connectivity index (χ1v) is 44.5. The Labute approximate surface area is 687 Å². The Morgan fingerprint density at radius 1 is 0.410 bits per heavy atom. The maximum Gasteiger partial charge on any atom is 0.245 e. The lowest BCUT2D eigenvalue weighted by molar-refractivity contribution is -0.139. The van der Waals surface area contributed by atoms with Crippen molar-refractivity contribution in [3.63, 3.8) is 0 Å². The van der Waals surface area contributed by atoms with Crippen LogP contribution in [0.1, 0.15) is 326 Å². The molecule has 16 rings (SSSR count). The molecular weight excluding hydrogens is 1480 g/mol. The second-order valence-electron chi connectivity index (χ2n) is 37.2. The Morgan fingerprint density at radius 3 is 1.06 bits per heavy atom. The van der Waals surface area contributed by atoms with Gasteiger partial charge in [0.1, 0.15) is 59.7 Å². The summed E-state index contributed by atoms with van der Waals surface area (Å²) in [6.45, 7) is 16.5. The number of carbonyl (C=O) groups excluding carboxylic acids is 12. The van der Waals surface area contributed by atoms with Gasteiger partial charge in [-0.3, -0.25) is 71.6 Å². The normalized spacial score (nSPS) is 28.6. The third-order valence-corrected chi connectivity index (χ3v) is 28.5. The number of Topliss-reactive ketones (excluding diaryl/α,β-unsaturated/α-hetero) is 9. The van der Waals surface area contributed by atoms with Crippen LogP contribution in [0.4, 0.5) is 10.1 Å². The first-order valence-electron chi connectivity index (χ1n) is 44.5. The molecule has 117 heavy (non-hydrogen) atoms. The van der Waals surface area contributed by atoms with Crippen molar-refractivity contribution in [1.29, 1.82) is 0 Å². The van der Waals surface area contributed by atoms with E-state index in [1.165, 1.54) is 20.8 Å². The summed E-state index contributed by atoms with van der Waals surface area (Å²) in [6, 6.07) is 11.0. The molecule has 3 saturated heterocycles. The molecule has 6 aliphatic heterocycles. The van der Waals surface area contributed by atoms with Crippen LogP contribution in [-0.2, 0) is 82.0 Å². The van der Waals surface area contributed by atoms with Gasteiger partial charge in [-0.2, -0.15) is 15.3 Å². The highest BCUT2D eigenvalue weighted by atomic mass is 19.1. The average molecular weight is 1600 g/mol. The second-order valence-corrected chi connectivity index (χ2v) is 37.2. The molecule has 2 unspecified atom stereocenters. The van der Waals surface area contributed by atoms with E-state index >= 15 is 0 Å². The second kappa shape index (κ2) is 34.9. The molecule has 3 aromatic heterocycles. The van der Waals surface area contributed by atoms with Crippen molar-refractivity contribution < 1.29 is 61.9 Å². The number of halogens is 1. The minimum Gasteiger partial charge on any atom is -0.385 e. The Bertz CT molecular complexity index is 4760. The van der Waals surface area contributed by atoms with Crippen LogP contribution in [0.5, 0.6) is 0 Å². The molecule has 9 heterocycles. The quantitative estimate of drug-likeness (QED) is 0.111. The lowest BCUT2D eigenvalue weighted by Gasteiger charge is -2.32. The van der Waals surface area contributed by atoms with Crippen LogP contribution in [0.25, 0.3) is 32.7 Å². The molecule has 4 saturated carbocycles. The number of piperidine rings is 3. The highest BCUT2D eigenvalue weighted by molar-refractivity contribution is 6.09. The van der Waals surface area contributed by atoms with E-state index in [9.17, 15) is 61.9 Å². The van der Waals surface area contributed by atoms with Gasteiger partial charge in [-0.25, -0.2) is 4.39 Å². The summed E-state index contributed by atoms with van der Waals surface area (Å²) in [4.78, 5) is 162. The molecule has 1 N–H and O–H groups in total. The molecule has 0 spiro atoms. The SMILES string of the molecule is CCC(=O)[C@@H]1C[C@]23CCC(=O)CCCCCCc4cc(C)cc5c(C(C)=O)nn(c45)CC(=O)N1[C@@H]2C3.CCC(=O)[C@@H]1C[C@]23CCC(=O)CCCCCCc4cc(C)cc5c(C(C)=O)nn(c45)CC(=O)N1[C@@H]2C3.CCC(=O)[C@@H]1C[C@]23CCC(=O)CCCCCCc4cc(NCC5CCCC(C)(F)C5)cc5c(C(C)=O)nn(c45)CC(=O)N1[C@@H]2C3. The molecule has 628 valence electrons. The van der Waals surface area contributed by atoms with E-state index < -0.39 is 23.8 Å². The molecule has 6 bridgehead atoms. The van der Waals surface area contributed by atoms with Gasteiger partial charge in [-0.15, -0.1) is 0 Å². The highest BCUT2D eigenvalue weighted by Crippen LogP contribution is 2.65. The minimum absolute atomic E-state index is 0.0127. The standard InChI is InChI=1S/C36H49FN4O4.2C29H37N3O4/c1-4-30(44)29-19-36-15-13-27(43)12-8-6-5-7-11-25-16-26(38-21-24-10-9-14-35(3,37)18-24)17-28-33(23(2)42)39-40(34(25)28)22-32(45)41(29)31(36)20-36;2*1-4-24(35)23-15-29-12-11-21(34)10-8-6-5-7-9-20-13-18(2)14-22-27(19(3)33)30-31(28(20)22)17-26(36)32(23)25(29)16-29/h16-17,24,29,31,38H,4-15,18-22H2,1-3H3;2*13-14,23,25H,4-12,15-17H2,1-3H3/t24?,29-,31+,35?,36-;2*23-,25+,29-/m000/s1. The van der Waals surface area contributed by atoms with Gasteiger partial charge in [0.2, 0.25) is 17.7 Å². The Balaban J connectivity index is 0.000000146. The van der Waals surface area contributed by atoms with Crippen molar-refractivity contribution in [2.24, 2.45) is 22.2 Å². The summed E-state index contributed by atoms with van der Waals surface area (Å²) in [6.07, 6.45) is 28.4. The zero-order valence-electron chi connectivity index (χ0n) is 70.8. The summed E-state index contributed by atoms with van der Waals surface area (Å²) in [5.74, 6) is 0.582. The Kier molecular flexibility index (Phi) is 25.3. The van der Waals surface area contributed by atoms with E-state index in [4.69, 9.17) is 5.10 Å². The van der Waals surface area contributed by atoms with Gasteiger partial charge in [-0.05, 0) is 225 Å². The number of aryl methyl sites for hydroxylation is 5. The fourth-order valence-corrected chi connectivity index (χ4v) is 22.1. The van der Waals surface area contributed by atoms with Crippen LogP contribution < -0.4 is 5.32 Å².